The van der Waals surface area contributed by atoms with Crippen LogP contribution >= 0.6 is 0 Å². The minimum atomic E-state index is -1.56. The van der Waals surface area contributed by atoms with Crippen molar-refractivity contribution in [2.75, 3.05) is 0 Å². The van der Waals surface area contributed by atoms with E-state index in [2.05, 4.69) is 12.1 Å². The fraction of sp³-hybridized carbons (Fsp3) is 0.261. The molecule has 1 aliphatic carbocycles. The highest BCUT2D eigenvalue weighted by Crippen LogP contribution is 2.43. The van der Waals surface area contributed by atoms with Crippen LogP contribution in [-0.2, 0) is 0 Å². The number of aryl methyl sites for hydroxylation is 2. The fourth-order valence-electron chi connectivity index (χ4n) is 3.95. The molecule has 0 radical (unpaired) electrons. The molecule has 0 bridgehead atoms. The van der Waals surface area contributed by atoms with Crippen molar-refractivity contribution in [1.29, 1.82) is 0 Å². The number of hydrogen-bond acceptors (Lipinski definition) is 4. The number of hydrogen-bond donors (Lipinski definition) is 2. The first-order valence-corrected chi connectivity index (χ1v) is 9.33. The Labute approximate surface area is 157 Å². The van der Waals surface area contributed by atoms with Crippen molar-refractivity contribution in [2.24, 2.45) is 0 Å². The Balaban J connectivity index is 1.79. The first-order chi connectivity index (χ1) is 13.0. The standard InChI is InChI=1S/C23H21NO3/c1-12-9-15(14-7-8-14)10-17-18(23(25)26)11-19(24-21(12)17)22-13(2)16-5-3-4-6-20(16)27-22/h3-6,9-11,14,23,25-26H,7-8H2,1-2H3. The van der Waals surface area contributed by atoms with Gasteiger partial charge in [0.25, 0.3) is 0 Å². The normalized spacial score (nSPS) is 14.6. The second-order valence-electron chi connectivity index (χ2n) is 7.53. The van der Waals surface area contributed by atoms with E-state index in [-0.39, 0.29) is 0 Å². The van der Waals surface area contributed by atoms with Crippen molar-refractivity contribution in [2.45, 2.75) is 38.9 Å². The van der Waals surface area contributed by atoms with E-state index in [1.807, 2.05) is 38.1 Å². The van der Waals surface area contributed by atoms with Crippen LogP contribution in [0, 0.1) is 13.8 Å². The number of fused-ring (bicyclic) bond motifs is 2. The zero-order valence-corrected chi connectivity index (χ0v) is 15.4. The number of aliphatic hydroxyl groups is 2. The number of nitrogens with zero attached hydrogens (tertiary/aromatic N) is 1. The van der Waals surface area contributed by atoms with Crippen LogP contribution in [0.15, 0.2) is 46.9 Å². The molecular weight excluding hydrogens is 338 g/mol. The molecule has 4 heteroatoms. The van der Waals surface area contributed by atoms with Gasteiger partial charge in [-0.05, 0) is 61.9 Å². The minimum Gasteiger partial charge on any atom is -0.454 e. The van der Waals surface area contributed by atoms with Crippen LogP contribution in [0.5, 0.6) is 0 Å². The lowest BCUT2D eigenvalue weighted by molar-refractivity contribution is -0.0413. The lowest BCUT2D eigenvalue weighted by Gasteiger charge is -2.14. The molecule has 27 heavy (non-hydrogen) atoms. The molecule has 2 heterocycles. The Kier molecular flexibility index (Phi) is 3.61. The zero-order valence-electron chi connectivity index (χ0n) is 15.4. The van der Waals surface area contributed by atoms with E-state index in [4.69, 9.17) is 9.40 Å². The van der Waals surface area contributed by atoms with Crippen molar-refractivity contribution in [1.82, 2.24) is 4.98 Å². The van der Waals surface area contributed by atoms with Crippen LogP contribution in [0.2, 0.25) is 0 Å². The summed E-state index contributed by atoms with van der Waals surface area (Å²) < 4.78 is 6.05. The van der Waals surface area contributed by atoms with E-state index in [1.165, 1.54) is 18.4 Å². The van der Waals surface area contributed by atoms with Gasteiger partial charge in [0.2, 0.25) is 0 Å². The molecule has 136 valence electrons. The van der Waals surface area contributed by atoms with Crippen molar-refractivity contribution in [3.8, 4) is 11.5 Å². The van der Waals surface area contributed by atoms with Crippen LogP contribution in [0.4, 0.5) is 0 Å². The van der Waals surface area contributed by atoms with Gasteiger partial charge in [0.15, 0.2) is 12.1 Å². The maximum Gasteiger partial charge on any atom is 0.179 e. The van der Waals surface area contributed by atoms with Crippen molar-refractivity contribution in [3.63, 3.8) is 0 Å². The summed E-state index contributed by atoms with van der Waals surface area (Å²) in [7, 11) is 0. The smallest absolute Gasteiger partial charge is 0.179 e. The van der Waals surface area contributed by atoms with E-state index in [0.29, 0.717) is 22.9 Å². The first-order valence-electron chi connectivity index (χ1n) is 9.33. The van der Waals surface area contributed by atoms with E-state index < -0.39 is 6.29 Å². The van der Waals surface area contributed by atoms with Crippen molar-refractivity contribution < 1.29 is 14.6 Å². The minimum absolute atomic E-state index is 0.473. The number of aromatic nitrogens is 1. The molecule has 2 N–H and O–H groups in total. The topological polar surface area (TPSA) is 66.5 Å². The molecule has 0 amide bonds. The summed E-state index contributed by atoms with van der Waals surface area (Å²) in [5, 5.41) is 21.9. The highest BCUT2D eigenvalue weighted by molar-refractivity contribution is 5.91. The Morgan fingerprint density at radius 2 is 1.81 bits per heavy atom. The van der Waals surface area contributed by atoms with Crippen LogP contribution in [0.25, 0.3) is 33.3 Å². The molecule has 1 saturated carbocycles. The number of rotatable bonds is 3. The number of furan rings is 1. The zero-order chi connectivity index (χ0) is 18.7. The van der Waals surface area contributed by atoms with Gasteiger partial charge >= 0.3 is 0 Å². The highest BCUT2D eigenvalue weighted by atomic mass is 16.5. The SMILES string of the molecule is Cc1c(-c2cc(C(O)O)c3cc(C4CC4)cc(C)c3n2)oc2ccccc12. The molecule has 4 nitrogen and oxygen atoms in total. The summed E-state index contributed by atoms with van der Waals surface area (Å²) in [6.45, 7) is 4.04. The summed E-state index contributed by atoms with van der Waals surface area (Å²) in [6.07, 6.45) is 0.838. The van der Waals surface area contributed by atoms with Gasteiger partial charge in [-0.25, -0.2) is 4.98 Å². The van der Waals surface area contributed by atoms with Crippen molar-refractivity contribution >= 4 is 21.9 Å². The Hall–Kier alpha value is -2.69. The first kappa shape index (κ1) is 16.5. The predicted octanol–water partition coefficient (Wildman–Crippen LogP) is 5.13. The maximum absolute atomic E-state index is 10.0. The van der Waals surface area contributed by atoms with Gasteiger partial charge in [-0.1, -0.05) is 24.3 Å². The van der Waals surface area contributed by atoms with E-state index in [9.17, 15) is 10.2 Å². The van der Waals surface area contributed by atoms with Crippen LogP contribution < -0.4 is 0 Å². The molecule has 0 saturated heterocycles. The molecule has 1 aliphatic rings. The summed E-state index contributed by atoms with van der Waals surface area (Å²) >= 11 is 0. The van der Waals surface area contributed by atoms with E-state index in [0.717, 1.165) is 33.0 Å². The largest absolute Gasteiger partial charge is 0.454 e. The van der Waals surface area contributed by atoms with E-state index >= 15 is 0 Å². The van der Waals surface area contributed by atoms with Gasteiger partial charge in [-0.2, -0.15) is 0 Å². The van der Waals surface area contributed by atoms with E-state index in [1.54, 1.807) is 6.07 Å². The quantitative estimate of drug-likeness (QED) is 0.498. The molecule has 4 aromatic rings. The summed E-state index contributed by atoms with van der Waals surface area (Å²) in [6, 6.07) is 13.9. The lowest BCUT2D eigenvalue weighted by atomic mass is 9.98. The third kappa shape index (κ3) is 2.64. The second kappa shape index (κ2) is 5.91. The molecule has 0 unspecified atom stereocenters. The maximum atomic E-state index is 10.0. The number of benzene rings is 2. The number of para-hydroxylation sites is 1. The Morgan fingerprint density at radius 3 is 2.52 bits per heavy atom. The third-order valence-electron chi connectivity index (χ3n) is 5.56. The molecule has 0 spiro atoms. The average Bonchev–Trinajstić information content (AvgIpc) is 3.45. The monoisotopic (exact) mass is 359 g/mol. The molecule has 2 aromatic carbocycles. The average molecular weight is 359 g/mol. The molecule has 0 aliphatic heterocycles. The summed E-state index contributed by atoms with van der Waals surface area (Å²) in [5.74, 6) is 1.26. The molecule has 2 aromatic heterocycles. The third-order valence-corrected chi connectivity index (χ3v) is 5.56. The Morgan fingerprint density at radius 1 is 1.04 bits per heavy atom. The van der Waals surface area contributed by atoms with Gasteiger partial charge in [-0.15, -0.1) is 0 Å². The van der Waals surface area contributed by atoms with Gasteiger partial charge in [0.1, 0.15) is 11.3 Å². The van der Waals surface area contributed by atoms with Gasteiger partial charge in [0, 0.05) is 21.9 Å². The lowest BCUT2D eigenvalue weighted by Crippen LogP contribution is -2.01. The number of aliphatic hydroxyl groups excluding tert-OH is 1. The number of pyridine rings is 1. The van der Waals surface area contributed by atoms with Gasteiger partial charge in [0.05, 0.1) is 5.52 Å². The predicted molar refractivity (Wildman–Crippen MR) is 106 cm³/mol. The van der Waals surface area contributed by atoms with Crippen molar-refractivity contribution in [3.05, 3.63) is 64.7 Å². The van der Waals surface area contributed by atoms with Gasteiger partial charge < -0.3 is 14.6 Å². The van der Waals surface area contributed by atoms with Crippen LogP contribution in [-0.4, -0.2) is 15.2 Å². The molecule has 1 fully saturated rings. The highest BCUT2D eigenvalue weighted by Gasteiger charge is 2.26. The van der Waals surface area contributed by atoms with Crippen LogP contribution in [0.1, 0.15) is 47.3 Å². The fourth-order valence-corrected chi connectivity index (χ4v) is 3.95. The van der Waals surface area contributed by atoms with Crippen LogP contribution in [0.3, 0.4) is 0 Å². The molecular formula is C23H21NO3. The van der Waals surface area contributed by atoms with Gasteiger partial charge in [-0.3, -0.25) is 0 Å². The molecule has 5 rings (SSSR count). The second-order valence-corrected chi connectivity index (χ2v) is 7.53. The molecule has 0 atom stereocenters. The Bertz CT molecular complexity index is 1190. The summed E-state index contributed by atoms with van der Waals surface area (Å²) in [5.41, 5.74) is 6.01. The summed E-state index contributed by atoms with van der Waals surface area (Å²) in [4.78, 5) is 4.85.